The molecular weight excluding hydrogens is 328 g/mol. The predicted molar refractivity (Wildman–Crippen MR) is 90.2 cm³/mol. The first-order valence-electron chi connectivity index (χ1n) is 7.19. The van der Waals surface area contributed by atoms with Gasteiger partial charge in [0.1, 0.15) is 18.1 Å². The SMILES string of the molecule is CCC(C)c1ccc(OCc2cc(Br)ccc2OC)cc1. The molecule has 1 atom stereocenters. The van der Waals surface area contributed by atoms with Crippen molar-refractivity contribution in [3.8, 4) is 11.5 Å². The van der Waals surface area contributed by atoms with Crippen molar-refractivity contribution in [2.24, 2.45) is 0 Å². The number of methoxy groups -OCH3 is 1. The van der Waals surface area contributed by atoms with E-state index >= 15 is 0 Å². The van der Waals surface area contributed by atoms with E-state index < -0.39 is 0 Å². The monoisotopic (exact) mass is 348 g/mol. The first kappa shape index (κ1) is 15.9. The van der Waals surface area contributed by atoms with Crippen molar-refractivity contribution in [2.75, 3.05) is 7.11 Å². The zero-order valence-corrected chi connectivity index (χ0v) is 14.3. The van der Waals surface area contributed by atoms with Gasteiger partial charge in [-0.05, 0) is 48.2 Å². The summed E-state index contributed by atoms with van der Waals surface area (Å²) in [6.45, 7) is 4.93. The molecule has 0 aliphatic carbocycles. The molecule has 0 radical (unpaired) electrons. The van der Waals surface area contributed by atoms with Gasteiger partial charge < -0.3 is 9.47 Å². The molecule has 0 aliphatic heterocycles. The van der Waals surface area contributed by atoms with Crippen molar-refractivity contribution in [1.82, 2.24) is 0 Å². The van der Waals surface area contributed by atoms with Crippen LogP contribution in [0, 0.1) is 0 Å². The van der Waals surface area contributed by atoms with Crippen LogP contribution in [0.25, 0.3) is 0 Å². The van der Waals surface area contributed by atoms with E-state index in [9.17, 15) is 0 Å². The summed E-state index contributed by atoms with van der Waals surface area (Å²) in [5.74, 6) is 2.31. The molecule has 2 aromatic rings. The molecule has 2 aromatic carbocycles. The first-order valence-corrected chi connectivity index (χ1v) is 7.98. The van der Waals surface area contributed by atoms with E-state index in [1.165, 1.54) is 5.56 Å². The van der Waals surface area contributed by atoms with Crippen LogP contribution in [0.15, 0.2) is 46.9 Å². The van der Waals surface area contributed by atoms with Crippen molar-refractivity contribution in [1.29, 1.82) is 0 Å². The third kappa shape index (κ3) is 4.24. The second-order valence-electron chi connectivity index (χ2n) is 5.12. The van der Waals surface area contributed by atoms with Gasteiger partial charge >= 0.3 is 0 Å². The smallest absolute Gasteiger partial charge is 0.125 e. The lowest BCUT2D eigenvalue weighted by atomic mass is 9.99. The maximum Gasteiger partial charge on any atom is 0.125 e. The molecule has 2 rings (SSSR count). The lowest BCUT2D eigenvalue weighted by Crippen LogP contribution is -1.99. The Bertz CT molecular complexity index is 578. The highest BCUT2D eigenvalue weighted by molar-refractivity contribution is 9.10. The molecule has 2 nitrogen and oxygen atoms in total. The van der Waals surface area contributed by atoms with Crippen molar-refractivity contribution in [3.63, 3.8) is 0 Å². The number of rotatable bonds is 6. The molecule has 0 saturated heterocycles. The second kappa shape index (κ2) is 7.51. The third-order valence-corrected chi connectivity index (χ3v) is 4.19. The van der Waals surface area contributed by atoms with Crippen LogP contribution in [-0.4, -0.2) is 7.11 Å². The first-order chi connectivity index (χ1) is 10.1. The standard InChI is InChI=1S/C18H21BrO2/c1-4-13(2)14-5-8-17(9-6-14)21-12-15-11-16(19)7-10-18(15)20-3/h5-11,13H,4,12H2,1-3H3. The van der Waals surface area contributed by atoms with Gasteiger partial charge in [-0.3, -0.25) is 0 Å². The fourth-order valence-corrected chi connectivity index (χ4v) is 2.56. The molecule has 0 aromatic heterocycles. The fourth-order valence-electron chi connectivity index (χ4n) is 2.15. The minimum atomic E-state index is 0.491. The van der Waals surface area contributed by atoms with Gasteiger partial charge in [-0.15, -0.1) is 0 Å². The summed E-state index contributed by atoms with van der Waals surface area (Å²) < 4.78 is 12.2. The van der Waals surface area contributed by atoms with Gasteiger partial charge in [0.2, 0.25) is 0 Å². The molecule has 0 N–H and O–H groups in total. The number of ether oxygens (including phenoxy) is 2. The Morgan fingerprint density at radius 3 is 2.43 bits per heavy atom. The summed E-state index contributed by atoms with van der Waals surface area (Å²) in [6.07, 6.45) is 1.15. The van der Waals surface area contributed by atoms with Crippen LogP contribution in [0.5, 0.6) is 11.5 Å². The van der Waals surface area contributed by atoms with Crippen LogP contribution in [0.4, 0.5) is 0 Å². The van der Waals surface area contributed by atoms with Crippen LogP contribution in [-0.2, 0) is 6.61 Å². The van der Waals surface area contributed by atoms with E-state index in [0.29, 0.717) is 12.5 Å². The number of hydrogen-bond donors (Lipinski definition) is 0. The molecule has 0 heterocycles. The van der Waals surface area contributed by atoms with E-state index in [0.717, 1.165) is 28.0 Å². The molecule has 1 unspecified atom stereocenters. The highest BCUT2D eigenvalue weighted by atomic mass is 79.9. The highest BCUT2D eigenvalue weighted by Crippen LogP contribution is 2.26. The molecule has 0 saturated carbocycles. The van der Waals surface area contributed by atoms with Crippen LogP contribution in [0.2, 0.25) is 0 Å². The quantitative estimate of drug-likeness (QED) is 0.681. The van der Waals surface area contributed by atoms with Gasteiger partial charge in [0, 0.05) is 10.0 Å². The van der Waals surface area contributed by atoms with E-state index in [4.69, 9.17) is 9.47 Å². The van der Waals surface area contributed by atoms with Crippen LogP contribution in [0.3, 0.4) is 0 Å². The predicted octanol–water partition coefficient (Wildman–Crippen LogP) is 5.55. The molecule has 0 amide bonds. The zero-order chi connectivity index (χ0) is 15.2. The summed E-state index contributed by atoms with van der Waals surface area (Å²) in [4.78, 5) is 0. The van der Waals surface area contributed by atoms with Gasteiger partial charge in [-0.25, -0.2) is 0 Å². The van der Waals surface area contributed by atoms with Crippen molar-refractivity contribution >= 4 is 15.9 Å². The molecule has 112 valence electrons. The van der Waals surface area contributed by atoms with E-state index in [2.05, 4.69) is 41.9 Å². The summed E-state index contributed by atoms with van der Waals surface area (Å²) in [6, 6.07) is 14.3. The summed E-state index contributed by atoms with van der Waals surface area (Å²) in [7, 11) is 1.67. The Morgan fingerprint density at radius 1 is 1.10 bits per heavy atom. The average molecular weight is 349 g/mol. The number of hydrogen-bond acceptors (Lipinski definition) is 2. The second-order valence-corrected chi connectivity index (χ2v) is 6.04. The van der Waals surface area contributed by atoms with Crippen molar-refractivity contribution in [3.05, 3.63) is 58.1 Å². The van der Waals surface area contributed by atoms with Gasteiger partial charge in [0.25, 0.3) is 0 Å². The van der Waals surface area contributed by atoms with E-state index in [-0.39, 0.29) is 0 Å². The summed E-state index contributed by atoms with van der Waals surface area (Å²) in [5.41, 5.74) is 2.38. The van der Waals surface area contributed by atoms with E-state index in [1.54, 1.807) is 7.11 Å². The Kier molecular flexibility index (Phi) is 5.68. The van der Waals surface area contributed by atoms with Gasteiger partial charge in [0.15, 0.2) is 0 Å². The van der Waals surface area contributed by atoms with Crippen LogP contribution < -0.4 is 9.47 Å². The Morgan fingerprint density at radius 2 is 1.81 bits per heavy atom. The van der Waals surface area contributed by atoms with Crippen LogP contribution in [0.1, 0.15) is 37.3 Å². The third-order valence-electron chi connectivity index (χ3n) is 3.70. The van der Waals surface area contributed by atoms with Crippen LogP contribution >= 0.6 is 15.9 Å². The topological polar surface area (TPSA) is 18.5 Å². The fraction of sp³-hybridized carbons (Fsp3) is 0.333. The van der Waals surface area contributed by atoms with Gasteiger partial charge in [-0.1, -0.05) is 41.9 Å². The minimum absolute atomic E-state index is 0.491. The Balaban J connectivity index is 2.04. The lowest BCUT2D eigenvalue weighted by Gasteiger charge is -2.12. The Labute approximate surface area is 135 Å². The van der Waals surface area contributed by atoms with Crippen molar-refractivity contribution < 1.29 is 9.47 Å². The zero-order valence-electron chi connectivity index (χ0n) is 12.7. The number of halogens is 1. The molecule has 0 fully saturated rings. The maximum absolute atomic E-state index is 5.86. The minimum Gasteiger partial charge on any atom is -0.496 e. The molecule has 0 bridgehead atoms. The van der Waals surface area contributed by atoms with Crippen molar-refractivity contribution in [2.45, 2.75) is 32.8 Å². The molecule has 3 heteroatoms. The summed E-state index contributed by atoms with van der Waals surface area (Å²) in [5, 5.41) is 0. The maximum atomic E-state index is 5.86. The molecular formula is C18H21BrO2. The lowest BCUT2D eigenvalue weighted by molar-refractivity contribution is 0.296. The van der Waals surface area contributed by atoms with Gasteiger partial charge in [-0.2, -0.15) is 0 Å². The van der Waals surface area contributed by atoms with Gasteiger partial charge in [0.05, 0.1) is 7.11 Å². The molecule has 0 spiro atoms. The molecule has 21 heavy (non-hydrogen) atoms. The average Bonchev–Trinajstić information content (AvgIpc) is 2.52. The normalized spacial score (nSPS) is 12.0. The summed E-state index contributed by atoms with van der Waals surface area (Å²) >= 11 is 3.47. The molecule has 0 aliphatic rings. The Hall–Kier alpha value is -1.48. The largest absolute Gasteiger partial charge is 0.496 e. The highest BCUT2D eigenvalue weighted by Gasteiger charge is 2.06. The van der Waals surface area contributed by atoms with E-state index in [1.807, 2.05) is 30.3 Å². The number of benzene rings is 2.